The molecule has 0 radical (unpaired) electrons. The molecule has 1 aromatic carbocycles. The minimum Gasteiger partial charge on any atom is -0.378 e. The molecule has 1 saturated heterocycles. The van der Waals surface area contributed by atoms with E-state index < -0.39 is 11.8 Å². The summed E-state index contributed by atoms with van der Waals surface area (Å²) in [5.41, 5.74) is 5.64. The first-order valence-corrected chi connectivity index (χ1v) is 9.68. The van der Waals surface area contributed by atoms with Crippen LogP contribution < -0.4 is 21.1 Å². The number of aromatic nitrogens is 1. The van der Waals surface area contributed by atoms with Crippen LogP contribution in [-0.2, 0) is 20.7 Å². The third kappa shape index (κ3) is 5.76. The Hall–Kier alpha value is -2.98. The average Bonchev–Trinajstić information content (AvgIpc) is 3.22. The zero-order valence-electron chi connectivity index (χ0n) is 15.1. The highest BCUT2D eigenvalue weighted by Gasteiger charge is 2.17. The molecular formula is C18H21N5O4S. The number of benzene rings is 1. The van der Waals surface area contributed by atoms with E-state index in [1.807, 2.05) is 35.2 Å². The summed E-state index contributed by atoms with van der Waals surface area (Å²) in [7, 11) is 0. The maximum absolute atomic E-state index is 12.1. The van der Waals surface area contributed by atoms with Gasteiger partial charge in [-0.25, -0.2) is 4.98 Å². The number of nitrogens with one attached hydrogen (secondary N) is 3. The van der Waals surface area contributed by atoms with E-state index in [0.717, 1.165) is 23.8 Å². The summed E-state index contributed by atoms with van der Waals surface area (Å²) < 4.78 is 5.29. The van der Waals surface area contributed by atoms with Gasteiger partial charge in [-0.2, -0.15) is 0 Å². The minimum absolute atomic E-state index is 0.184. The van der Waals surface area contributed by atoms with E-state index in [9.17, 15) is 14.4 Å². The number of carbonyl (C=O) groups is 3. The van der Waals surface area contributed by atoms with Crippen LogP contribution in [0.25, 0.3) is 0 Å². The number of carbonyl (C=O) groups excluding carboxylic acids is 3. The summed E-state index contributed by atoms with van der Waals surface area (Å²) in [6.07, 6.45) is 0.184. The smallest absolute Gasteiger partial charge is 0.289 e. The van der Waals surface area contributed by atoms with Crippen molar-refractivity contribution in [1.82, 2.24) is 21.2 Å². The topological polar surface area (TPSA) is 113 Å². The first kappa shape index (κ1) is 19.8. The van der Waals surface area contributed by atoms with Gasteiger partial charge in [0.2, 0.25) is 5.91 Å². The Balaban J connectivity index is 1.38. The molecule has 1 aliphatic rings. The van der Waals surface area contributed by atoms with Crippen molar-refractivity contribution in [2.45, 2.75) is 6.42 Å². The number of hydrogen-bond donors (Lipinski definition) is 3. The number of thiazole rings is 1. The molecule has 9 nitrogen and oxygen atoms in total. The zero-order chi connectivity index (χ0) is 19.8. The third-order valence-corrected chi connectivity index (χ3v) is 4.88. The molecule has 0 atom stereocenters. The second-order valence-electron chi connectivity index (χ2n) is 6.06. The van der Waals surface area contributed by atoms with Crippen molar-refractivity contribution in [3.8, 4) is 0 Å². The van der Waals surface area contributed by atoms with Crippen LogP contribution in [0.5, 0.6) is 0 Å². The number of hydrazine groups is 1. The second kappa shape index (κ2) is 9.81. The number of nitrogens with zero attached hydrogens (tertiary/aromatic N) is 2. The van der Waals surface area contributed by atoms with E-state index in [0.29, 0.717) is 13.2 Å². The average molecular weight is 403 g/mol. The van der Waals surface area contributed by atoms with Crippen molar-refractivity contribution in [2.24, 2.45) is 0 Å². The lowest BCUT2D eigenvalue weighted by Gasteiger charge is -2.25. The van der Waals surface area contributed by atoms with E-state index >= 15 is 0 Å². The van der Waals surface area contributed by atoms with Crippen LogP contribution in [0.2, 0.25) is 0 Å². The van der Waals surface area contributed by atoms with Crippen LogP contribution in [-0.4, -0.2) is 55.6 Å². The third-order valence-electron chi connectivity index (χ3n) is 3.98. The van der Waals surface area contributed by atoms with E-state index in [2.05, 4.69) is 21.2 Å². The maximum atomic E-state index is 12.1. The Labute approximate surface area is 166 Å². The summed E-state index contributed by atoms with van der Waals surface area (Å²) in [4.78, 5) is 42.1. The standard InChI is InChI=1S/C18H21N5O4S/c24-15(10-13-4-2-1-3-5-13)19-11-16(25)21-22-17(26)14-12-28-18(20-14)23-6-8-27-9-7-23/h1-5,12H,6-11H2,(H,19,24)(H,21,25)(H,22,26). The van der Waals surface area contributed by atoms with Crippen LogP contribution in [0.4, 0.5) is 5.13 Å². The summed E-state index contributed by atoms with van der Waals surface area (Å²) in [5.74, 6) is -1.32. The Morgan fingerprint density at radius 3 is 2.57 bits per heavy atom. The van der Waals surface area contributed by atoms with Crippen molar-refractivity contribution < 1.29 is 19.1 Å². The Morgan fingerprint density at radius 2 is 1.82 bits per heavy atom. The van der Waals surface area contributed by atoms with Gasteiger partial charge in [0.1, 0.15) is 5.69 Å². The van der Waals surface area contributed by atoms with Gasteiger partial charge in [0.15, 0.2) is 5.13 Å². The Morgan fingerprint density at radius 1 is 1.07 bits per heavy atom. The SMILES string of the molecule is O=C(Cc1ccccc1)NCC(=O)NNC(=O)c1csc(N2CCOCC2)n1. The highest BCUT2D eigenvalue weighted by molar-refractivity contribution is 7.13. The van der Waals surface area contributed by atoms with Crippen LogP contribution in [0.3, 0.4) is 0 Å². The Kier molecular flexibility index (Phi) is 6.93. The largest absolute Gasteiger partial charge is 0.378 e. The fourth-order valence-corrected chi connectivity index (χ4v) is 3.39. The van der Waals surface area contributed by atoms with Gasteiger partial charge in [0.25, 0.3) is 11.8 Å². The number of ether oxygens (including phenoxy) is 1. The lowest BCUT2D eigenvalue weighted by molar-refractivity contribution is -0.126. The predicted molar refractivity (Wildman–Crippen MR) is 104 cm³/mol. The van der Waals surface area contributed by atoms with Gasteiger partial charge in [-0.3, -0.25) is 25.2 Å². The van der Waals surface area contributed by atoms with Gasteiger partial charge in [-0.1, -0.05) is 30.3 Å². The van der Waals surface area contributed by atoms with Crippen LogP contribution >= 0.6 is 11.3 Å². The molecule has 0 bridgehead atoms. The van der Waals surface area contributed by atoms with Gasteiger partial charge in [0, 0.05) is 18.5 Å². The highest BCUT2D eigenvalue weighted by atomic mass is 32.1. The molecule has 0 saturated carbocycles. The summed E-state index contributed by atoms with van der Waals surface area (Å²) >= 11 is 1.36. The van der Waals surface area contributed by atoms with E-state index in [1.165, 1.54) is 11.3 Å². The van der Waals surface area contributed by atoms with Gasteiger partial charge in [0.05, 0.1) is 26.2 Å². The van der Waals surface area contributed by atoms with E-state index in [1.54, 1.807) is 5.38 Å². The van der Waals surface area contributed by atoms with Crippen molar-refractivity contribution in [3.63, 3.8) is 0 Å². The normalized spacial score (nSPS) is 13.6. The molecule has 3 N–H and O–H groups in total. The first-order valence-electron chi connectivity index (χ1n) is 8.80. The Bertz CT molecular complexity index is 820. The number of anilines is 1. The highest BCUT2D eigenvalue weighted by Crippen LogP contribution is 2.21. The molecule has 3 amide bonds. The fourth-order valence-electron chi connectivity index (χ4n) is 2.53. The molecule has 1 fully saturated rings. The zero-order valence-corrected chi connectivity index (χ0v) is 16.0. The molecule has 0 unspecified atom stereocenters. The van der Waals surface area contributed by atoms with E-state index in [-0.39, 0.29) is 24.6 Å². The minimum atomic E-state index is -0.529. The van der Waals surface area contributed by atoms with Crippen molar-refractivity contribution in [2.75, 3.05) is 37.7 Å². The molecule has 2 heterocycles. The maximum Gasteiger partial charge on any atom is 0.289 e. The fraction of sp³-hybridized carbons (Fsp3) is 0.333. The van der Waals surface area contributed by atoms with Crippen molar-refractivity contribution >= 4 is 34.2 Å². The predicted octanol–water partition coefficient (Wildman–Crippen LogP) is 0.0996. The molecule has 1 aliphatic heterocycles. The summed E-state index contributed by atoms with van der Waals surface area (Å²) in [6, 6.07) is 9.21. The molecule has 28 heavy (non-hydrogen) atoms. The lowest BCUT2D eigenvalue weighted by atomic mass is 10.1. The van der Waals surface area contributed by atoms with Crippen LogP contribution in [0, 0.1) is 0 Å². The molecule has 0 aliphatic carbocycles. The van der Waals surface area contributed by atoms with Gasteiger partial charge in [-0.15, -0.1) is 11.3 Å². The molecule has 0 spiro atoms. The van der Waals surface area contributed by atoms with E-state index in [4.69, 9.17) is 4.74 Å². The molecule has 1 aromatic heterocycles. The molecule has 10 heteroatoms. The number of rotatable bonds is 6. The quantitative estimate of drug-likeness (QED) is 0.590. The lowest BCUT2D eigenvalue weighted by Crippen LogP contribution is -2.46. The molecule has 2 aromatic rings. The molecule has 3 rings (SSSR count). The number of hydrogen-bond acceptors (Lipinski definition) is 7. The van der Waals surface area contributed by atoms with Gasteiger partial charge in [-0.05, 0) is 5.56 Å². The summed E-state index contributed by atoms with van der Waals surface area (Å²) in [6.45, 7) is 2.49. The van der Waals surface area contributed by atoms with Gasteiger partial charge < -0.3 is 15.0 Å². The van der Waals surface area contributed by atoms with Crippen LogP contribution in [0.1, 0.15) is 16.1 Å². The van der Waals surface area contributed by atoms with Gasteiger partial charge >= 0.3 is 0 Å². The second-order valence-corrected chi connectivity index (χ2v) is 6.89. The molecule has 148 valence electrons. The monoisotopic (exact) mass is 403 g/mol. The number of amides is 3. The first-order chi connectivity index (χ1) is 13.6. The molecular weight excluding hydrogens is 382 g/mol. The van der Waals surface area contributed by atoms with Crippen molar-refractivity contribution in [1.29, 1.82) is 0 Å². The summed E-state index contributed by atoms with van der Waals surface area (Å²) in [5, 5.41) is 4.88. The van der Waals surface area contributed by atoms with Crippen molar-refractivity contribution in [3.05, 3.63) is 47.0 Å². The van der Waals surface area contributed by atoms with Crippen LogP contribution in [0.15, 0.2) is 35.7 Å². The number of morpholine rings is 1.